The van der Waals surface area contributed by atoms with Crippen LogP contribution >= 0.6 is 11.6 Å². The molecule has 0 atom stereocenters. The van der Waals surface area contributed by atoms with Gasteiger partial charge in [0.25, 0.3) is 0 Å². The molecular weight excluding hydrogens is 210 g/mol. The first-order valence-electron chi connectivity index (χ1n) is 6.28. The van der Waals surface area contributed by atoms with Crippen LogP contribution in [0.4, 0.5) is 0 Å². The van der Waals surface area contributed by atoms with Crippen molar-refractivity contribution in [3.63, 3.8) is 0 Å². The van der Waals surface area contributed by atoms with Crippen molar-refractivity contribution in [3.05, 3.63) is 0 Å². The van der Waals surface area contributed by atoms with E-state index in [9.17, 15) is 0 Å². The minimum Gasteiger partial charge on any atom is -0.381 e. The van der Waals surface area contributed by atoms with Gasteiger partial charge in [-0.3, -0.25) is 4.90 Å². The molecule has 1 aliphatic heterocycles. The topological polar surface area (TPSA) is 12.5 Å². The molecule has 1 heterocycles. The van der Waals surface area contributed by atoms with Gasteiger partial charge in [0.05, 0.1) is 0 Å². The zero-order valence-electron chi connectivity index (χ0n) is 9.46. The van der Waals surface area contributed by atoms with E-state index < -0.39 is 0 Å². The van der Waals surface area contributed by atoms with Gasteiger partial charge in [0.15, 0.2) is 0 Å². The van der Waals surface area contributed by atoms with Gasteiger partial charge in [-0.1, -0.05) is 6.42 Å². The summed E-state index contributed by atoms with van der Waals surface area (Å²) in [4.78, 5) is 2.62. The molecule has 2 aliphatic rings. The average molecular weight is 232 g/mol. The van der Waals surface area contributed by atoms with Crippen molar-refractivity contribution in [2.45, 2.75) is 38.1 Å². The van der Waals surface area contributed by atoms with E-state index in [2.05, 4.69) is 4.90 Å². The zero-order chi connectivity index (χ0) is 10.5. The first-order valence-corrected chi connectivity index (χ1v) is 6.81. The fourth-order valence-corrected chi connectivity index (χ4v) is 2.76. The van der Waals surface area contributed by atoms with E-state index >= 15 is 0 Å². The molecule has 1 aliphatic carbocycles. The van der Waals surface area contributed by atoms with Crippen molar-refractivity contribution in [3.8, 4) is 0 Å². The molecule has 0 N–H and O–H groups in total. The molecule has 0 bridgehead atoms. The average Bonchev–Trinajstić information content (AvgIpc) is 2.17. The van der Waals surface area contributed by atoms with E-state index in [0.717, 1.165) is 37.6 Å². The second kappa shape index (κ2) is 6.07. The van der Waals surface area contributed by atoms with Crippen molar-refractivity contribution in [1.82, 2.24) is 4.90 Å². The summed E-state index contributed by atoms with van der Waals surface area (Å²) in [7, 11) is 0. The third kappa shape index (κ3) is 3.33. The van der Waals surface area contributed by atoms with Crippen LogP contribution in [0.15, 0.2) is 0 Å². The van der Waals surface area contributed by atoms with Crippen molar-refractivity contribution < 1.29 is 4.74 Å². The number of ether oxygens (including phenoxy) is 1. The van der Waals surface area contributed by atoms with Gasteiger partial charge in [-0.2, -0.15) is 0 Å². The largest absolute Gasteiger partial charge is 0.381 e. The van der Waals surface area contributed by atoms with Crippen molar-refractivity contribution in [1.29, 1.82) is 0 Å². The lowest BCUT2D eigenvalue weighted by Crippen LogP contribution is -2.44. The first-order chi connectivity index (χ1) is 7.40. The van der Waals surface area contributed by atoms with Crippen molar-refractivity contribution in [2.75, 3.05) is 32.2 Å². The second-order valence-corrected chi connectivity index (χ2v) is 5.20. The number of hydrogen-bond donors (Lipinski definition) is 0. The maximum Gasteiger partial charge on any atom is 0.0469 e. The Labute approximate surface area is 97.9 Å². The Hall–Kier alpha value is 0.210. The predicted octanol–water partition coefficient (Wildman–Crippen LogP) is 2.51. The number of alkyl halides is 1. The van der Waals surface area contributed by atoms with E-state index in [-0.39, 0.29) is 0 Å². The highest BCUT2D eigenvalue weighted by Crippen LogP contribution is 2.27. The summed E-state index contributed by atoms with van der Waals surface area (Å²) in [5, 5.41) is 0. The molecular formula is C12H22ClNO. The predicted molar refractivity (Wildman–Crippen MR) is 63.5 cm³/mol. The molecule has 0 spiro atoms. The molecule has 2 rings (SSSR count). The minimum atomic E-state index is 0.778. The number of nitrogens with zero attached hydrogens (tertiary/aromatic N) is 1. The van der Waals surface area contributed by atoms with Crippen LogP contribution in [-0.4, -0.2) is 43.1 Å². The fourth-order valence-electron chi connectivity index (χ4n) is 2.54. The van der Waals surface area contributed by atoms with Crippen LogP contribution in [0.25, 0.3) is 0 Å². The zero-order valence-corrected chi connectivity index (χ0v) is 10.2. The van der Waals surface area contributed by atoms with Gasteiger partial charge in [0.1, 0.15) is 0 Å². The molecule has 0 radical (unpaired) electrons. The van der Waals surface area contributed by atoms with Gasteiger partial charge in [-0.25, -0.2) is 0 Å². The summed E-state index contributed by atoms with van der Waals surface area (Å²) >= 11 is 5.87. The van der Waals surface area contributed by atoms with Gasteiger partial charge in [-0.05, 0) is 31.6 Å². The third-order valence-corrected chi connectivity index (χ3v) is 3.97. The van der Waals surface area contributed by atoms with E-state index in [1.54, 1.807) is 0 Å². The van der Waals surface area contributed by atoms with Crippen molar-refractivity contribution >= 4 is 11.6 Å². The third-order valence-electron chi connectivity index (χ3n) is 3.80. The standard InChI is InChI=1S/C12H22ClNO/c13-6-7-14(12-2-1-3-12)10-11-4-8-15-9-5-11/h11-12H,1-10H2. The summed E-state index contributed by atoms with van der Waals surface area (Å²) in [6.45, 7) is 4.25. The second-order valence-electron chi connectivity index (χ2n) is 4.82. The Kier molecular flexibility index (Phi) is 4.73. The molecule has 1 saturated carbocycles. The van der Waals surface area contributed by atoms with Crippen LogP contribution in [0.1, 0.15) is 32.1 Å². The van der Waals surface area contributed by atoms with Gasteiger partial charge in [0, 0.05) is 38.2 Å². The number of rotatable bonds is 5. The Morgan fingerprint density at radius 3 is 2.40 bits per heavy atom. The summed E-state index contributed by atoms with van der Waals surface area (Å²) in [6.07, 6.45) is 6.68. The molecule has 1 saturated heterocycles. The summed E-state index contributed by atoms with van der Waals surface area (Å²) in [5.74, 6) is 1.63. The summed E-state index contributed by atoms with van der Waals surface area (Å²) in [6, 6.07) is 0.839. The molecule has 2 nitrogen and oxygen atoms in total. The highest BCUT2D eigenvalue weighted by molar-refractivity contribution is 6.18. The molecule has 0 amide bonds. The van der Waals surface area contributed by atoms with Crippen LogP contribution in [0.2, 0.25) is 0 Å². The Morgan fingerprint density at radius 1 is 1.13 bits per heavy atom. The van der Waals surface area contributed by atoms with E-state index in [4.69, 9.17) is 16.3 Å². The van der Waals surface area contributed by atoms with Gasteiger partial charge >= 0.3 is 0 Å². The maximum absolute atomic E-state index is 5.87. The number of hydrogen-bond acceptors (Lipinski definition) is 2. The van der Waals surface area contributed by atoms with Gasteiger partial charge in [-0.15, -0.1) is 11.6 Å². The monoisotopic (exact) mass is 231 g/mol. The smallest absolute Gasteiger partial charge is 0.0469 e. The Balaban J connectivity index is 1.76. The normalized spacial score (nSPS) is 24.4. The molecule has 3 heteroatoms. The molecule has 0 aromatic carbocycles. The molecule has 88 valence electrons. The SMILES string of the molecule is ClCCN(CC1CCOCC1)C1CCC1. The lowest BCUT2D eigenvalue weighted by molar-refractivity contribution is 0.0370. The van der Waals surface area contributed by atoms with Crippen LogP contribution in [-0.2, 0) is 4.74 Å². The maximum atomic E-state index is 5.87. The van der Waals surface area contributed by atoms with Crippen LogP contribution < -0.4 is 0 Å². The molecule has 0 aromatic heterocycles. The molecule has 0 aromatic rings. The lowest BCUT2D eigenvalue weighted by Gasteiger charge is -2.39. The molecule has 15 heavy (non-hydrogen) atoms. The van der Waals surface area contributed by atoms with Crippen molar-refractivity contribution in [2.24, 2.45) is 5.92 Å². The Morgan fingerprint density at radius 2 is 1.87 bits per heavy atom. The first kappa shape index (κ1) is 11.7. The lowest BCUT2D eigenvalue weighted by atomic mass is 9.89. The number of halogens is 1. The van der Waals surface area contributed by atoms with Crippen LogP contribution in [0.5, 0.6) is 0 Å². The van der Waals surface area contributed by atoms with E-state index in [1.165, 1.54) is 38.6 Å². The quantitative estimate of drug-likeness (QED) is 0.675. The highest BCUT2D eigenvalue weighted by Gasteiger charge is 2.27. The molecule has 0 unspecified atom stereocenters. The van der Waals surface area contributed by atoms with Crippen LogP contribution in [0.3, 0.4) is 0 Å². The summed E-state index contributed by atoms with van der Waals surface area (Å²) < 4.78 is 5.40. The van der Waals surface area contributed by atoms with Gasteiger partial charge < -0.3 is 4.74 Å². The van der Waals surface area contributed by atoms with Crippen LogP contribution in [0, 0.1) is 5.92 Å². The minimum absolute atomic E-state index is 0.778. The highest BCUT2D eigenvalue weighted by atomic mass is 35.5. The Bertz CT molecular complexity index is 178. The fraction of sp³-hybridized carbons (Fsp3) is 1.00. The molecule has 2 fully saturated rings. The van der Waals surface area contributed by atoms with E-state index in [1.807, 2.05) is 0 Å². The van der Waals surface area contributed by atoms with E-state index in [0.29, 0.717) is 0 Å². The summed E-state index contributed by atoms with van der Waals surface area (Å²) in [5.41, 5.74) is 0. The van der Waals surface area contributed by atoms with Gasteiger partial charge in [0.2, 0.25) is 0 Å².